The van der Waals surface area contributed by atoms with Gasteiger partial charge in [-0.1, -0.05) is 0 Å². The third-order valence-corrected chi connectivity index (χ3v) is 4.93. The van der Waals surface area contributed by atoms with Gasteiger partial charge in [-0.2, -0.15) is 0 Å². The molecule has 2 bridgehead atoms. The highest BCUT2D eigenvalue weighted by molar-refractivity contribution is 6.15. The highest BCUT2D eigenvalue weighted by Crippen LogP contribution is 2.33. The van der Waals surface area contributed by atoms with Gasteiger partial charge in [-0.15, -0.1) is 0 Å². The summed E-state index contributed by atoms with van der Waals surface area (Å²) in [6.07, 6.45) is 5.57. The quantitative estimate of drug-likeness (QED) is 0.825. The predicted molar refractivity (Wildman–Crippen MR) is 95.5 cm³/mol. The summed E-state index contributed by atoms with van der Waals surface area (Å²) in [5.74, 6) is 1.24. The van der Waals surface area contributed by atoms with Crippen molar-refractivity contribution >= 4 is 17.2 Å². The van der Waals surface area contributed by atoms with E-state index in [0.717, 1.165) is 37.4 Å². The molecule has 0 radical (unpaired) electrons. The molecule has 7 nitrogen and oxygen atoms in total. The van der Waals surface area contributed by atoms with E-state index >= 15 is 0 Å². The molecule has 25 heavy (non-hydrogen) atoms. The average molecular weight is 339 g/mol. The minimum Gasteiger partial charge on any atom is -0.480 e. The van der Waals surface area contributed by atoms with Crippen LogP contribution in [0, 0.1) is 5.41 Å². The Balaban J connectivity index is 1.70. The van der Waals surface area contributed by atoms with Crippen molar-refractivity contribution in [1.82, 2.24) is 9.97 Å². The van der Waals surface area contributed by atoms with Crippen molar-refractivity contribution in [2.45, 2.75) is 24.9 Å². The van der Waals surface area contributed by atoms with E-state index in [-0.39, 0.29) is 5.71 Å². The summed E-state index contributed by atoms with van der Waals surface area (Å²) in [7, 11) is 1.53. The minimum atomic E-state index is 0.284. The number of nitrogen functional groups attached to an aromatic ring is 1. The lowest BCUT2D eigenvalue weighted by atomic mass is 10.0. The minimum absolute atomic E-state index is 0.284. The second-order valence-electron chi connectivity index (χ2n) is 6.39. The van der Waals surface area contributed by atoms with Crippen LogP contribution in [0.4, 0.5) is 11.5 Å². The standard InChI is InChI=1S/C18H21N5O2/c1-24-18-16(14(19)5-7-22-18)17(20)11-4-6-21-15(8-11)23-12-2-3-13(23)10-25-9-12/h4-8,12-13,20H,2-3,9-10H2,1H3,(H2,19,22)/t12-,13+. The van der Waals surface area contributed by atoms with Gasteiger partial charge >= 0.3 is 0 Å². The number of methoxy groups -OCH3 is 1. The largest absolute Gasteiger partial charge is 0.480 e. The van der Waals surface area contributed by atoms with Crippen LogP contribution in [0.25, 0.3) is 0 Å². The molecule has 2 atom stereocenters. The summed E-state index contributed by atoms with van der Waals surface area (Å²) in [5, 5.41) is 8.61. The number of nitrogens with one attached hydrogen (secondary N) is 1. The van der Waals surface area contributed by atoms with Crippen LogP contribution in [0.5, 0.6) is 5.88 Å². The number of ether oxygens (including phenoxy) is 2. The Bertz CT molecular complexity index is 794. The second-order valence-corrected chi connectivity index (χ2v) is 6.39. The number of hydrogen-bond acceptors (Lipinski definition) is 7. The SMILES string of the molecule is COc1nccc(N)c1C(=N)c1ccnc(N2[C@@H]3CC[C@H]2COC3)c1. The first-order valence-electron chi connectivity index (χ1n) is 8.39. The molecule has 3 N–H and O–H groups in total. The van der Waals surface area contributed by atoms with Gasteiger partial charge in [-0.3, -0.25) is 5.41 Å². The van der Waals surface area contributed by atoms with Crippen LogP contribution in [-0.4, -0.2) is 48.1 Å². The fraction of sp³-hybridized carbons (Fsp3) is 0.389. The number of nitrogens with two attached hydrogens (primary N) is 1. The number of aromatic nitrogens is 2. The Hall–Kier alpha value is -2.67. The number of pyridine rings is 2. The monoisotopic (exact) mass is 339 g/mol. The van der Waals surface area contributed by atoms with Crippen molar-refractivity contribution in [3.63, 3.8) is 0 Å². The van der Waals surface area contributed by atoms with Gasteiger partial charge in [0.15, 0.2) is 0 Å². The molecule has 2 aliphatic heterocycles. The lowest BCUT2D eigenvalue weighted by Crippen LogP contribution is -2.46. The van der Waals surface area contributed by atoms with E-state index in [1.807, 2.05) is 12.1 Å². The molecular weight excluding hydrogens is 318 g/mol. The topological polar surface area (TPSA) is 97.4 Å². The fourth-order valence-corrected chi connectivity index (χ4v) is 3.72. The maximum Gasteiger partial charge on any atom is 0.224 e. The summed E-state index contributed by atoms with van der Waals surface area (Å²) in [6, 6.07) is 6.18. The lowest BCUT2D eigenvalue weighted by Gasteiger charge is -2.35. The number of hydrogen-bond donors (Lipinski definition) is 2. The molecule has 130 valence electrons. The maximum absolute atomic E-state index is 8.61. The number of fused-ring (bicyclic) bond motifs is 2. The van der Waals surface area contributed by atoms with Crippen LogP contribution in [0.1, 0.15) is 24.0 Å². The highest BCUT2D eigenvalue weighted by Gasteiger charge is 2.38. The third-order valence-electron chi connectivity index (χ3n) is 4.93. The molecule has 4 rings (SSSR count). The van der Waals surface area contributed by atoms with Gasteiger partial charge in [0.05, 0.1) is 43.7 Å². The van der Waals surface area contributed by atoms with Gasteiger partial charge in [0.25, 0.3) is 0 Å². The van der Waals surface area contributed by atoms with Crippen LogP contribution in [0.2, 0.25) is 0 Å². The van der Waals surface area contributed by atoms with Crippen molar-refractivity contribution < 1.29 is 9.47 Å². The summed E-state index contributed by atoms with van der Waals surface area (Å²) < 4.78 is 10.9. The molecule has 0 spiro atoms. The molecule has 0 aliphatic carbocycles. The highest BCUT2D eigenvalue weighted by atomic mass is 16.5. The Kier molecular flexibility index (Phi) is 4.01. The molecule has 2 aliphatic rings. The number of morpholine rings is 1. The number of rotatable bonds is 4. The van der Waals surface area contributed by atoms with E-state index in [1.54, 1.807) is 18.5 Å². The Morgan fingerprint density at radius 2 is 1.96 bits per heavy atom. The summed E-state index contributed by atoms with van der Waals surface area (Å²) >= 11 is 0. The zero-order valence-corrected chi connectivity index (χ0v) is 14.1. The van der Waals surface area contributed by atoms with Gasteiger partial charge in [0, 0.05) is 23.6 Å². The molecule has 2 aromatic heterocycles. The summed E-state index contributed by atoms with van der Waals surface area (Å²) in [4.78, 5) is 11.0. The van der Waals surface area contributed by atoms with Crippen molar-refractivity contribution in [3.8, 4) is 5.88 Å². The molecule has 2 aromatic rings. The smallest absolute Gasteiger partial charge is 0.224 e. The van der Waals surface area contributed by atoms with E-state index in [0.29, 0.717) is 29.2 Å². The van der Waals surface area contributed by atoms with Crippen LogP contribution in [-0.2, 0) is 4.74 Å². The lowest BCUT2D eigenvalue weighted by molar-refractivity contribution is 0.0902. The molecule has 0 saturated carbocycles. The van der Waals surface area contributed by atoms with E-state index in [4.69, 9.17) is 20.6 Å². The van der Waals surface area contributed by atoms with Gasteiger partial charge in [-0.05, 0) is 31.0 Å². The van der Waals surface area contributed by atoms with Gasteiger partial charge in [0.2, 0.25) is 5.88 Å². The Labute approximate surface area is 146 Å². The van der Waals surface area contributed by atoms with Crippen molar-refractivity contribution in [1.29, 1.82) is 5.41 Å². The normalized spacial score (nSPS) is 22.0. The van der Waals surface area contributed by atoms with Gasteiger partial charge in [0.1, 0.15) is 5.82 Å². The molecule has 7 heteroatoms. The number of nitrogens with zero attached hydrogens (tertiary/aromatic N) is 3. The predicted octanol–water partition coefficient (Wildman–Crippen LogP) is 1.85. The molecule has 2 saturated heterocycles. The van der Waals surface area contributed by atoms with Crippen LogP contribution in [0.3, 0.4) is 0 Å². The summed E-state index contributed by atoms with van der Waals surface area (Å²) in [5.41, 5.74) is 8.08. The molecular formula is C18H21N5O2. The van der Waals surface area contributed by atoms with E-state index in [2.05, 4.69) is 14.9 Å². The molecule has 0 amide bonds. The Morgan fingerprint density at radius 1 is 1.24 bits per heavy atom. The number of anilines is 2. The van der Waals surface area contributed by atoms with E-state index < -0.39 is 0 Å². The van der Waals surface area contributed by atoms with E-state index in [9.17, 15) is 0 Å². The zero-order chi connectivity index (χ0) is 17.4. The summed E-state index contributed by atoms with van der Waals surface area (Å²) in [6.45, 7) is 1.48. The molecule has 2 fully saturated rings. The maximum atomic E-state index is 8.61. The van der Waals surface area contributed by atoms with Crippen molar-refractivity contribution in [2.75, 3.05) is 31.0 Å². The third kappa shape index (κ3) is 2.70. The van der Waals surface area contributed by atoms with Crippen LogP contribution < -0.4 is 15.4 Å². The zero-order valence-electron chi connectivity index (χ0n) is 14.1. The first-order chi connectivity index (χ1) is 12.2. The Morgan fingerprint density at radius 3 is 2.68 bits per heavy atom. The van der Waals surface area contributed by atoms with Crippen LogP contribution in [0.15, 0.2) is 30.6 Å². The first-order valence-corrected chi connectivity index (χ1v) is 8.39. The fourth-order valence-electron chi connectivity index (χ4n) is 3.72. The van der Waals surface area contributed by atoms with Crippen molar-refractivity contribution in [3.05, 3.63) is 41.7 Å². The average Bonchev–Trinajstić information content (AvgIpc) is 2.89. The first kappa shape index (κ1) is 15.8. The second kappa shape index (κ2) is 6.33. The van der Waals surface area contributed by atoms with Gasteiger partial charge < -0.3 is 20.1 Å². The molecule has 0 unspecified atom stereocenters. The van der Waals surface area contributed by atoms with Crippen molar-refractivity contribution in [2.24, 2.45) is 0 Å². The van der Waals surface area contributed by atoms with Crippen LogP contribution >= 0.6 is 0 Å². The van der Waals surface area contributed by atoms with E-state index in [1.165, 1.54) is 7.11 Å². The molecule has 0 aromatic carbocycles. The van der Waals surface area contributed by atoms with Gasteiger partial charge in [-0.25, -0.2) is 9.97 Å². The molecule has 4 heterocycles.